The van der Waals surface area contributed by atoms with Crippen molar-refractivity contribution in [3.05, 3.63) is 15.6 Å². The van der Waals surface area contributed by atoms with E-state index in [-0.39, 0.29) is 24.7 Å². The number of aryl methyl sites for hydroxylation is 1. The molecule has 0 aliphatic heterocycles. The number of ether oxygens (including phenoxy) is 1. The van der Waals surface area contributed by atoms with Crippen LogP contribution >= 0.6 is 11.3 Å². The van der Waals surface area contributed by atoms with Crippen LogP contribution in [0, 0.1) is 6.92 Å². The monoisotopic (exact) mass is 286 g/mol. The van der Waals surface area contributed by atoms with Gasteiger partial charge in [-0.2, -0.15) is 0 Å². The Hall–Kier alpha value is -0.980. The standard InChI is InChI=1S/C13H22N2O3S/c1-5-10(6-7-16)15-12(17)11-8(2)14-13(19-11)9(3)18-4/h9-10,16H,5-7H2,1-4H3,(H,15,17). The fourth-order valence-corrected chi connectivity index (χ4v) is 2.69. The molecule has 0 aliphatic carbocycles. The molecule has 0 saturated heterocycles. The lowest BCUT2D eigenvalue weighted by atomic mass is 10.1. The van der Waals surface area contributed by atoms with E-state index in [0.29, 0.717) is 11.3 Å². The average Bonchev–Trinajstić information content (AvgIpc) is 2.79. The van der Waals surface area contributed by atoms with Gasteiger partial charge in [-0.15, -0.1) is 11.3 Å². The number of methoxy groups -OCH3 is 1. The maximum Gasteiger partial charge on any atom is 0.263 e. The third-order valence-corrected chi connectivity index (χ3v) is 4.34. The van der Waals surface area contributed by atoms with E-state index in [0.717, 1.165) is 17.1 Å². The van der Waals surface area contributed by atoms with Crippen molar-refractivity contribution in [2.45, 2.75) is 45.8 Å². The molecule has 0 spiro atoms. The van der Waals surface area contributed by atoms with Crippen LogP contribution in [-0.2, 0) is 4.74 Å². The molecule has 2 unspecified atom stereocenters. The molecule has 0 saturated carbocycles. The lowest BCUT2D eigenvalue weighted by molar-refractivity contribution is 0.0932. The van der Waals surface area contributed by atoms with Crippen molar-refractivity contribution < 1.29 is 14.6 Å². The summed E-state index contributed by atoms with van der Waals surface area (Å²) in [5.74, 6) is -0.121. The third kappa shape index (κ3) is 4.26. The average molecular weight is 286 g/mol. The first-order valence-corrected chi connectivity index (χ1v) is 7.26. The van der Waals surface area contributed by atoms with Crippen LogP contribution in [0.1, 0.15) is 53.2 Å². The van der Waals surface area contributed by atoms with Crippen molar-refractivity contribution in [3.63, 3.8) is 0 Å². The molecule has 1 rings (SSSR count). The van der Waals surface area contributed by atoms with Crippen LogP contribution in [0.25, 0.3) is 0 Å². The van der Waals surface area contributed by atoms with Crippen LogP contribution in [0.4, 0.5) is 0 Å². The van der Waals surface area contributed by atoms with Crippen LogP contribution in [0.15, 0.2) is 0 Å². The quantitative estimate of drug-likeness (QED) is 0.804. The van der Waals surface area contributed by atoms with Gasteiger partial charge in [-0.25, -0.2) is 4.98 Å². The number of nitrogens with zero attached hydrogens (tertiary/aromatic N) is 1. The smallest absolute Gasteiger partial charge is 0.263 e. The van der Waals surface area contributed by atoms with Crippen molar-refractivity contribution >= 4 is 17.2 Å². The van der Waals surface area contributed by atoms with E-state index < -0.39 is 0 Å². The molecule has 5 nitrogen and oxygen atoms in total. The number of nitrogens with one attached hydrogen (secondary N) is 1. The van der Waals surface area contributed by atoms with Crippen LogP contribution in [-0.4, -0.2) is 35.8 Å². The molecule has 108 valence electrons. The van der Waals surface area contributed by atoms with Crippen molar-refractivity contribution in [3.8, 4) is 0 Å². The zero-order valence-electron chi connectivity index (χ0n) is 11.9. The summed E-state index contributed by atoms with van der Waals surface area (Å²) < 4.78 is 5.21. The highest BCUT2D eigenvalue weighted by atomic mass is 32.1. The van der Waals surface area contributed by atoms with Gasteiger partial charge in [0.2, 0.25) is 0 Å². The first-order valence-electron chi connectivity index (χ1n) is 6.45. The molecule has 0 aromatic carbocycles. The molecule has 2 N–H and O–H groups in total. The van der Waals surface area contributed by atoms with Crippen LogP contribution in [0.2, 0.25) is 0 Å². The van der Waals surface area contributed by atoms with Gasteiger partial charge in [0.05, 0.1) is 5.69 Å². The number of carbonyl (C=O) groups excluding carboxylic acids is 1. The fraction of sp³-hybridized carbons (Fsp3) is 0.692. The summed E-state index contributed by atoms with van der Waals surface area (Å²) in [6.45, 7) is 5.79. The number of hydrogen-bond acceptors (Lipinski definition) is 5. The van der Waals surface area contributed by atoms with Gasteiger partial charge < -0.3 is 15.2 Å². The minimum Gasteiger partial charge on any atom is -0.396 e. The van der Waals surface area contributed by atoms with Crippen molar-refractivity contribution in [1.29, 1.82) is 0 Å². The topological polar surface area (TPSA) is 71.5 Å². The van der Waals surface area contributed by atoms with E-state index in [9.17, 15) is 4.79 Å². The van der Waals surface area contributed by atoms with Crippen LogP contribution in [0.5, 0.6) is 0 Å². The molecule has 1 heterocycles. The van der Waals surface area contributed by atoms with E-state index in [2.05, 4.69) is 10.3 Å². The predicted octanol–water partition coefficient (Wildman–Crippen LogP) is 2.05. The van der Waals surface area contributed by atoms with Gasteiger partial charge in [-0.1, -0.05) is 6.92 Å². The summed E-state index contributed by atoms with van der Waals surface area (Å²) >= 11 is 1.36. The second-order valence-corrected chi connectivity index (χ2v) is 5.47. The Labute approximate surface area is 118 Å². The Kier molecular flexibility index (Phi) is 6.41. The molecule has 19 heavy (non-hydrogen) atoms. The van der Waals surface area contributed by atoms with E-state index in [1.807, 2.05) is 20.8 Å². The first-order chi connectivity index (χ1) is 9.03. The SMILES string of the molecule is CCC(CCO)NC(=O)c1sc(C(C)OC)nc1C. The Morgan fingerprint density at radius 3 is 2.79 bits per heavy atom. The van der Waals surface area contributed by atoms with Gasteiger partial charge in [0.15, 0.2) is 0 Å². The summed E-state index contributed by atoms with van der Waals surface area (Å²) in [6.07, 6.45) is 1.26. The number of aliphatic hydroxyl groups is 1. The van der Waals surface area contributed by atoms with Crippen molar-refractivity contribution in [2.75, 3.05) is 13.7 Å². The van der Waals surface area contributed by atoms with E-state index in [1.165, 1.54) is 11.3 Å². The predicted molar refractivity (Wildman–Crippen MR) is 75.5 cm³/mol. The number of hydrogen-bond donors (Lipinski definition) is 2. The highest BCUT2D eigenvalue weighted by Crippen LogP contribution is 2.25. The number of rotatable bonds is 7. The second kappa shape index (κ2) is 7.57. The highest BCUT2D eigenvalue weighted by Gasteiger charge is 2.20. The maximum atomic E-state index is 12.2. The third-order valence-electron chi connectivity index (χ3n) is 3.03. The zero-order valence-corrected chi connectivity index (χ0v) is 12.7. The molecule has 1 aromatic rings. The fourth-order valence-electron chi connectivity index (χ4n) is 1.69. The number of carbonyl (C=O) groups is 1. The summed E-state index contributed by atoms with van der Waals surface area (Å²) in [6, 6.07) is 0.00213. The number of aromatic nitrogens is 1. The molecule has 0 fully saturated rings. The van der Waals surface area contributed by atoms with E-state index in [4.69, 9.17) is 9.84 Å². The van der Waals surface area contributed by atoms with E-state index in [1.54, 1.807) is 7.11 Å². The zero-order chi connectivity index (χ0) is 14.4. The van der Waals surface area contributed by atoms with Crippen molar-refractivity contribution in [1.82, 2.24) is 10.3 Å². The molecule has 2 atom stereocenters. The molecule has 0 aliphatic rings. The molecule has 6 heteroatoms. The van der Waals surface area contributed by atoms with Gasteiger partial charge in [0.25, 0.3) is 5.91 Å². The molecular formula is C13H22N2O3S. The summed E-state index contributed by atoms with van der Waals surface area (Å²) in [5.41, 5.74) is 0.722. The molecule has 0 bridgehead atoms. The summed E-state index contributed by atoms with van der Waals surface area (Å²) in [4.78, 5) is 17.2. The van der Waals surface area contributed by atoms with Crippen LogP contribution < -0.4 is 5.32 Å². The Bertz CT molecular complexity index is 420. The minimum atomic E-state index is -0.121. The number of thiazole rings is 1. The lowest BCUT2D eigenvalue weighted by Crippen LogP contribution is -2.34. The van der Waals surface area contributed by atoms with Gasteiger partial charge in [-0.3, -0.25) is 4.79 Å². The molecular weight excluding hydrogens is 264 g/mol. The summed E-state index contributed by atoms with van der Waals surface area (Å²) in [5, 5.41) is 12.7. The molecule has 0 radical (unpaired) electrons. The van der Waals surface area contributed by atoms with E-state index >= 15 is 0 Å². The highest BCUT2D eigenvalue weighted by molar-refractivity contribution is 7.13. The largest absolute Gasteiger partial charge is 0.396 e. The first kappa shape index (κ1) is 16.1. The van der Waals surface area contributed by atoms with Crippen LogP contribution in [0.3, 0.4) is 0 Å². The molecule has 1 amide bonds. The van der Waals surface area contributed by atoms with Gasteiger partial charge >= 0.3 is 0 Å². The van der Waals surface area contributed by atoms with Crippen molar-refractivity contribution in [2.24, 2.45) is 0 Å². The molecule has 1 aromatic heterocycles. The Morgan fingerprint density at radius 1 is 1.58 bits per heavy atom. The number of aliphatic hydroxyl groups excluding tert-OH is 1. The number of amides is 1. The second-order valence-electron chi connectivity index (χ2n) is 4.44. The minimum absolute atomic E-state index is 0.00213. The Balaban J connectivity index is 2.79. The van der Waals surface area contributed by atoms with Gasteiger partial charge in [-0.05, 0) is 26.7 Å². The summed E-state index contributed by atoms with van der Waals surface area (Å²) in [7, 11) is 1.62. The normalized spacial score (nSPS) is 14.2. The van der Waals surface area contributed by atoms with Gasteiger partial charge in [0.1, 0.15) is 16.0 Å². The lowest BCUT2D eigenvalue weighted by Gasteiger charge is -2.15. The maximum absolute atomic E-state index is 12.2. The Morgan fingerprint density at radius 2 is 2.26 bits per heavy atom. The van der Waals surface area contributed by atoms with Gasteiger partial charge in [0, 0.05) is 19.8 Å².